The zero-order valence-electron chi connectivity index (χ0n) is 8.29. The lowest BCUT2D eigenvalue weighted by Crippen LogP contribution is -2.08. The van der Waals surface area contributed by atoms with Crippen LogP contribution in [0, 0.1) is 0 Å². The molecule has 1 aromatic rings. The van der Waals surface area contributed by atoms with Gasteiger partial charge in [0.15, 0.2) is 0 Å². The van der Waals surface area contributed by atoms with Gasteiger partial charge in [-0.2, -0.15) is 13.2 Å². The van der Waals surface area contributed by atoms with Crippen LogP contribution < -0.4 is 5.73 Å². The Balaban J connectivity index is 2.83. The highest BCUT2D eigenvalue weighted by molar-refractivity contribution is 5.76. The minimum absolute atomic E-state index is 0.0102. The molecule has 2 nitrogen and oxygen atoms in total. The van der Waals surface area contributed by atoms with Crippen molar-refractivity contribution in [3.8, 4) is 0 Å². The summed E-state index contributed by atoms with van der Waals surface area (Å²) in [6, 6.07) is 4.84. The SMILES string of the molecule is NC(=O)CC=Cc1cccc(C(F)(F)F)c1. The molecule has 86 valence electrons. The van der Waals surface area contributed by atoms with E-state index in [9.17, 15) is 18.0 Å². The van der Waals surface area contributed by atoms with Crippen molar-refractivity contribution in [2.75, 3.05) is 0 Å². The summed E-state index contributed by atoms with van der Waals surface area (Å²) in [7, 11) is 0. The summed E-state index contributed by atoms with van der Waals surface area (Å²) >= 11 is 0. The van der Waals surface area contributed by atoms with Crippen LogP contribution in [0.1, 0.15) is 17.5 Å². The van der Waals surface area contributed by atoms with E-state index in [0.29, 0.717) is 5.56 Å². The zero-order valence-corrected chi connectivity index (χ0v) is 8.29. The summed E-state index contributed by atoms with van der Waals surface area (Å²) in [5, 5.41) is 0. The first-order valence-corrected chi connectivity index (χ1v) is 4.51. The number of benzene rings is 1. The Labute approximate surface area is 90.6 Å². The largest absolute Gasteiger partial charge is 0.416 e. The van der Waals surface area contributed by atoms with Gasteiger partial charge in [0.1, 0.15) is 0 Å². The average molecular weight is 229 g/mol. The lowest BCUT2D eigenvalue weighted by Gasteiger charge is -2.06. The maximum absolute atomic E-state index is 12.3. The lowest BCUT2D eigenvalue weighted by atomic mass is 10.1. The van der Waals surface area contributed by atoms with Crippen LogP contribution in [0.5, 0.6) is 0 Å². The van der Waals surface area contributed by atoms with Crippen molar-refractivity contribution in [1.29, 1.82) is 0 Å². The van der Waals surface area contributed by atoms with E-state index in [1.165, 1.54) is 24.3 Å². The number of amides is 1. The Morgan fingerprint density at radius 2 is 2.06 bits per heavy atom. The number of hydrogen-bond acceptors (Lipinski definition) is 1. The van der Waals surface area contributed by atoms with Gasteiger partial charge in [0.2, 0.25) is 5.91 Å². The Morgan fingerprint density at radius 1 is 1.38 bits per heavy atom. The molecule has 0 radical (unpaired) electrons. The number of primary amides is 1. The molecule has 0 spiro atoms. The van der Waals surface area contributed by atoms with Crippen molar-refractivity contribution in [2.45, 2.75) is 12.6 Å². The summed E-state index contributed by atoms with van der Waals surface area (Å²) < 4.78 is 37.0. The molecule has 0 aliphatic rings. The third-order valence-electron chi connectivity index (χ3n) is 1.84. The highest BCUT2D eigenvalue weighted by Gasteiger charge is 2.30. The van der Waals surface area contributed by atoms with Crippen molar-refractivity contribution in [3.63, 3.8) is 0 Å². The van der Waals surface area contributed by atoms with Gasteiger partial charge in [-0.25, -0.2) is 0 Å². The molecule has 0 atom stereocenters. The molecule has 1 amide bonds. The van der Waals surface area contributed by atoms with Gasteiger partial charge in [-0.15, -0.1) is 0 Å². The first-order valence-electron chi connectivity index (χ1n) is 4.51. The molecule has 5 heteroatoms. The number of alkyl halides is 3. The second-order valence-corrected chi connectivity index (χ2v) is 3.20. The normalized spacial score (nSPS) is 11.9. The molecule has 0 aliphatic heterocycles. The molecule has 1 rings (SSSR count). The predicted molar refractivity (Wildman–Crippen MR) is 54.3 cm³/mol. The number of carbonyl (C=O) groups is 1. The molecular weight excluding hydrogens is 219 g/mol. The summed E-state index contributed by atoms with van der Waals surface area (Å²) in [6.45, 7) is 0. The summed E-state index contributed by atoms with van der Waals surface area (Å²) in [5.74, 6) is -0.525. The van der Waals surface area contributed by atoms with Gasteiger partial charge < -0.3 is 5.73 Å². The van der Waals surface area contributed by atoms with Crippen LogP contribution in [-0.4, -0.2) is 5.91 Å². The van der Waals surface area contributed by atoms with Crippen LogP contribution in [0.15, 0.2) is 30.3 Å². The fraction of sp³-hybridized carbons (Fsp3) is 0.182. The van der Waals surface area contributed by atoms with Crippen molar-refractivity contribution in [1.82, 2.24) is 0 Å². The third kappa shape index (κ3) is 3.76. The Morgan fingerprint density at radius 3 is 2.62 bits per heavy atom. The van der Waals surface area contributed by atoms with Crippen LogP contribution in [0.25, 0.3) is 6.08 Å². The Hall–Kier alpha value is -1.78. The fourth-order valence-electron chi connectivity index (χ4n) is 1.13. The maximum Gasteiger partial charge on any atom is 0.416 e. The van der Waals surface area contributed by atoms with Crippen LogP contribution in [0.4, 0.5) is 13.2 Å². The van der Waals surface area contributed by atoms with Crippen molar-refractivity contribution in [2.24, 2.45) is 5.73 Å². The molecule has 0 aromatic heterocycles. The molecule has 0 unspecified atom stereocenters. The van der Waals surface area contributed by atoms with Crippen molar-refractivity contribution < 1.29 is 18.0 Å². The Bertz CT molecular complexity index is 410. The van der Waals surface area contributed by atoms with Crippen LogP contribution in [-0.2, 0) is 11.0 Å². The molecule has 0 aliphatic carbocycles. The van der Waals surface area contributed by atoms with Gasteiger partial charge in [-0.3, -0.25) is 4.79 Å². The average Bonchev–Trinajstić information content (AvgIpc) is 2.16. The molecule has 16 heavy (non-hydrogen) atoms. The van der Waals surface area contributed by atoms with Gasteiger partial charge in [0.05, 0.1) is 5.56 Å². The zero-order chi connectivity index (χ0) is 12.2. The van der Waals surface area contributed by atoms with E-state index in [4.69, 9.17) is 5.73 Å². The third-order valence-corrected chi connectivity index (χ3v) is 1.84. The molecule has 0 heterocycles. The maximum atomic E-state index is 12.3. The van der Waals surface area contributed by atoms with Crippen LogP contribution >= 0.6 is 0 Å². The number of hydrogen-bond donors (Lipinski definition) is 1. The standard InChI is InChI=1S/C11H10F3NO/c12-11(13,14)9-5-1-3-8(7-9)4-2-6-10(15)16/h1-5,7H,6H2,(H2,15,16). The van der Waals surface area contributed by atoms with Gasteiger partial charge in [0.25, 0.3) is 0 Å². The minimum atomic E-state index is -4.35. The number of carbonyl (C=O) groups excluding carboxylic acids is 1. The monoisotopic (exact) mass is 229 g/mol. The van der Waals surface area contributed by atoms with E-state index in [1.807, 2.05) is 0 Å². The number of nitrogens with two attached hydrogens (primary N) is 1. The van der Waals surface area contributed by atoms with Crippen molar-refractivity contribution >= 4 is 12.0 Å². The molecule has 0 bridgehead atoms. The highest BCUT2D eigenvalue weighted by Crippen LogP contribution is 2.29. The molecule has 2 N–H and O–H groups in total. The molecular formula is C11H10F3NO. The van der Waals surface area contributed by atoms with Crippen LogP contribution in [0.2, 0.25) is 0 Å². The topological polar surface area (TPSA) is 43.1 Å². The number of rotatable bonds is 3. The second-order valence-electron chi connectivity index (χ2n) is 3.20. The smallest absolute Gasteiger partial charge is 0.369 e. The van der Waals surface area contributed by atoms with E-state index in [2.05, 4.69) is 0 Å². The second kappa shape index (κ2) is 4.83. The Kier molecular flexibility index (Phi) is 3.71. The number of halogens is 3. The van der Waals surface area contributed by atoms with Gasteiger partial charge in [-0.05, 0) is 17.7 Å². The van der Waals surface area contributed by atoms with Gasteiger partial charge >= 0.3 is 6.18 Å². The molecule has 1 aromatic carbocycles. The van der Waals surface area contributed by atoms with E-state index in [1.54, 1.807) is 0 Å². The van der Waals surface area contributed by atoms with E-state index in [-0.39, 0.29) is 6.42 Å². The molecule has 0 fully saturated rings. The summed E-state index contributed by atoms with van der Waals surface area (Å²) in [4.78, 5) is 10.4. The quantitative estimate of drug-likeness (QED) is 0.850. The van der Waals surface area contributed by atoms with E-state index < -0.39 is 17.6 Å². The highest BCUT2D eigenvalue weighted by atomic mass is 19.4. The molecule has 0 saturated carbocycles. The summed E-state index contributed by atoms with van der Waals surface area (Å²) in [6.07, 6.45) is -1.48. The fourth-order valence-corrected chi connectivity index (χ4v) is 1.13. The minimum Gasteiger partial charge on any atom is -0.369 e. The predicted octanol–water partition coefficient (Wildman–Crippen LogP) is 2.59. The van der Waals surface area contributed by atoms with Gasteiger partial charge in [0, 0.05) is 6.42 Å². The van der Waals surface area contributed by atoms with E-state index >= 15 is 0 Å². The first-order chi connectivity index (χ1) is 7.39. The molecule has 0 saturated heterocycles. The van der Waals surface area contributed by atoms with Gasteiger partial charge in [-0.1, -0.05) is 24.3 Å². The first kappa shape index (κ1) is 12.3. The van der Waals surface area contributed by atoms with Crippen molar-refractivity contribution in [3.05, 3.63) is 41.5 Å². The summed E-state index contributed by atoms with van der Waals surface area (Å²) in [5.41, 5.74) is 4.56. The van der Waals surface area contributed by atoms with E-state index in [0.717, 1.165) is 12.1 Å². The lowest BCUT2D eigenvalue weighted by molar-refractivity contribution is -0.137. The van der Waals surface area contributed by atoms with Crippen LogP contribution in [0.3, 0.4) is 0 Å².